The highest BCUT2D eigenvalue weighted by Gasteiger charge is 2.22. The number of rotatable bonds is 68. The summed E-state index contributed by atoms with van der Waals surface area (Å²) in [7, 11) is 1.14. The summed E-state index contributed by atoms with van der Waals surface area (Å²) < 4.78 is 34.4. The van der Waals surface area contributed by atoms with Crippen LogP contribution in [-0.2, 0) is 32.7 Å². The summed E-state index contributed by atoms with van der Waals surface area (Å²) in [5.74, 6) is -0.851. The van der Waals surface area contributed by atoms with E-state index in [-0.39, 0.29) is 26.1 Å². The number of unbranched alkanes of at least 4 members (excludes halogenated alkanes) is 22. The molecule has 0 radical (unpaired) electrons. The number of quaternary nitrogens is 1. The molecular weight excluding hydrogens is 1210 g/mol. The second-order valence-corrected chi connectivity index (χ2v) is 27.3. The van der Waals surface area contributed by atoms with Crippen LogP contribution in [0.4, 0.5) is 0 Å². The van der Waals surface area contributed by atoms with Crippen molar-refractivity contribution in [3.05, 3.63) is 194 Å². The molecule has 542 valence electrons. The molecule has 0 amide bonds. The molecule has 0 fully saturated rings. The van der Waals surface area contributed by atoms with Crippen LogP contribution >= 0.6 is 7.82 Å². The van der Waals surface area contributed by atoms with Crippen LogP contribution in [0.15, 0.2) is 194 Å². The number of ether oxygens (including phenoxy) is 2. The smallest absolute Gasteiger partial charge is 0.306 e. The van der Waals surface area contributed by atoms with Gasteiger partial charge in [0.1, 0.15) is 19.8 Å². The van der Waals surface area contributed by atoms with Gasteiger partial charge < -0.3 is 27.9 Å². The SMILES string of the molecule is CC/C=C\C/C=C\C/C=C\C/C=C\C/C=C\C/C=C\C/C=C\C/C=C\C/C=C\C/C=C\CCCCCCCCCCC(=O)OC(COC(=O)CCCCCCCCCCCCCCCC/C=C\C/C=C\C/C=C\C/C=C\C/C=C\C/C=C\CC)COP(=O)([O-])OCC[N+](C)(C)C. The summed E-state index contributed by atoms with van der Waals surface area (Å²) in [5, 5.41) is 0. The Balaban J connectivity index is 4.10. The average Bonchev–Trinajstić information content (AvgIpc) is 1.98. The zero-order chi connectivity index (χ0) is 69.7. The van der Waals surface area contributed by atoms with Crippen LogP contribution in [0.5, 0.6) is 0 Å². The number of carbonyl (C=O) groups is 2. The van der Waals surface area contributed by atoms with Crippen LogP contribution < -0.4 is 4.89 Å². The standard InChI is InChI=1S/C86H140NO8P/c1-6-8-10-12-14-16-18-20-22-24-26-28-30-32-34-36-38-40-41-42-43-44-45-47-49-51-53-55-57-59-61-63-65-67-69-71-73-75-77-79-86(89)95-84(83-94-96(90,91)93-81-80-87(3,4)5)82-92-85(88)78-76-74-72-70-68-66-64-62-60-58-56-54-52-50-48-46-39-37-35-33-31-29-27-25-23-21-19-17-15-13-11-9-7-2/h8-11,14-17,20-23,26-29,32-35,38-40,42-43,45-47,51,53,57,59,84H,6-7,12-13,18-19,24-25,30-31,36-37,41,44,48-50,52,54-56,58,60-83H2,1-5H3/b10-8-,11-9-,16-14-,17-15-,22-20-,23-21-,28-26-,29-27-,34-32-,35-33-,40-38-,43-42-,46-39-,47-45-,53-51-,59-57-. The van der Waals surface area contributed by atoms with Gasteiger partial charge in [-0.3, -0.25) is 14.2 Å². The molecule has 0 aromatic carbocycles. The molecule has 0 aliphatic carbocycles. The van der Waals surface area contributed by atoms with Gasteiger partial charge in [0.15, 0.2) is 6.10 Å². The molecule has 0 saturated heterocycles. The molecule has 0 spiro atoms. The van der Waals surface area contributed by atoms with E-state index < -0.39 is 32.5 Å². The number of phosphoric ester groups is 1. The minimum absolute atomic E-state index is 0.0417. The number of likely N-dealkylation sites (N-methyl/N-ethyl adjacent to an activating group) is 1. The van der Waals surface area contributed by atoms with Gasteiger partial charge in [-0.2, -0.15) is 0 Å². The van der Waals surface area contributed by atoms with E-state index in [9.17, 15) is 19.0 Å². The van der Waals surface area contributed by atoms with E-state index in [1.807, 2.05) is 21.1 Å². The molecule has 0 heterocycles. The summed E-state index contributed by atoms with van der Waals surface area (Å²) in [5.41, 5.74) is 0. The Labute approximate surface area is 590 Å². The summed E-state index contributed by atoms with van der Waals surface area (Å²) in [4.78, 5) is 38.2. The lowest BCUT2D eigenvalue weighted by atomic mass is 10.0. The van der Waals surface area contributed by atoms with Crippen molar-refractivity contribution in [3.8, 4) is 0 Å². The molecule has 0 aliphatic heterocycles. The highest BCUT2D eigenvalue weighted by Crippen LogP contribution is 2.38. The van der Waals surface area contributed by atoms with Crippen molar-refractivity contribution in [3.63, 3.8) is 0 Å². The van der Waals surface area contributed by atoms with Crippen molar-refractivity contribution in [2.24, 2.45) is 0 Å². The summed E-state index contributed by atoms with van der Waals surface area (Å²) >= 11 is 0. The first-order chi connectivity index (χ1) is 47.0. The van der Waals surface area contributed by atoms with Crippen LogP contribution in [0, 0.1) is 0 Å². The van der Waals surface area contributed by atoms with Crippen molar-refractivity contribution >= 4 is 19.8 Å². The number of hydrogen-bond donors (Lipinski definition) is 0. The van der Waals surface area contributed by atoms with Crippen molar-refractivity contribution in [1.29, 1.82) is 0 Å². The third-order valence-corrected chi connectivity index (χ3v) is 16.6. The third-order valence-electron chi connectivity index (χ3n) is 15.6. The zero-order valence-corrected chi connectivity index (χ0v) is 62.6. The molecule has 9 nitrogen and oxygen atoms in total. The van der Waals surface area contributed by atoms with Gasteiger partial charge in [-0.1, -0.05) is 324 Å². The topological polar surface area (TPSA) is 111 Å². The Kier molecular flexibility index (Phi) is 70.1. The van der Waals surface area contributed by atoms with Crippen LogP contribution in [0.2, 0.25) is 0 Å². The van der Waals surface area contributed by atoms with Gasteiger partial charge in [0.2, 0.25) is 0 Å². The maximum Gasteiger partial charge on any atom is 0.306 e. The van der Waals surface area contributed by atoms with E-state index in [0.717, 1.165) is 154 Å². The zero-order valence-electron chi connectivity index (χ0n) is 61.7. The van der Waals surface area contributed by atoms with Gasteiger partial charge >= 0.3 is 11.9 Å². The van der Waals surface area contributed by atoms with E-state index in [1.165, 1.54) is 96.3 Å². The molecule has 0 saturated carbocycles. The predicted molar refractivity (Wildman–Crippen MR) is 415 cm³/mol. The molecule has 0 bridgehead atoms. The maximum atomic E-state index is 12.9. The lowest BCUT2D eigenvalue weighted by Crippen LogP contribution is -2.37. The number of hydrogen-bond acceptors (Lipinski definition) is 8. The van der Waals surface area contributed by atoms with Gasteiger partial charge in [0.25, 0.3) is 7.82 Å². The van der Waals surface area contributed by atoms with Gasteiger partial charge in [-0.05, 0) is 141 Å². The van der Waals surface area contributed by atoms with Gasteiger partial charge in [0.05, 0.1) is 27.7 Å². The third kappa shape index (κ3) is 77.9. The predicted octanol–water partition coefficient (Wildman–Crippen LogP) is 25.0. The van der Waals surface area contributed by atoms with Crippen LogP contribution in [0.1, 0.15) is 284 Å². The Hall–Kier alpha value is -5.15. The second-order valence-electron chi connectivity index (χ2n) is 25.9. The summed E-state index contributed by atoms with van der Waals surface area (Å²) in [6, 6.07) is 0. The molecule has 96 heavy (non-hydrogen) atoms. The van der Waals surface area contributed by atoms with E-state index in [0.29, 0.717) is 17.4 Å². The average molecular weight is 1350 g/mol. The lowest BCUT2D eigenvalue weighted by Gasteiger charge is -2.28. The number of esters is 2. The van der Waals surface area contributed by atoms with Crippen LogP contribution in [0.3, 0.4) is 0 Å². The van der Waals surface area contributed by atoms with E-state index >= 15 is 0 Å². The van der Waals surface area contributed by atoms with E-state index in [1.54, 1.807) is 0 Å². The Morgan fingerprint density at radius 1 is 0.323 bits per heavy atom. The molecular formula is C86H140NO8P. The van der Waals surface area contributed by atoms with Gasteiger partial charge in [-0.25, -0.2) is 0 Å². The minimum Gasteiger partial charge on any atom is -0.756 e. The first-order valence-electron chi connectivity index (χ1n) is 38.1. The van der Waals surface area contributed by atoms with E-state index in [4.69, 9.17) is 18.5 Å². The Morgan fingerprint density at radius 3 is 0.833 bits per heavy atom. The summed E-state index contributed by atoms with van der Waals surface area (Å²) in [6.45, 7) is 4.00. The quantitative estimate of drug-likeness (QED) is 0.0195. The maximum absolute atomic E-state index is 12.9. The first-order valence-corrected chi connectivity index (χ1v) is 39.6. The number of nitrogens with zero attached hydrogens (tertiary/aromatic N) is 1. The van der Waals surface area contributed by atoms with Crippen molar-refractivity contribution in [2.45, 2.75) is 290 Å². The largest absolute Gasteiger partial charge is 0.756 e. The van der Waals surface area contributed by atoms with Crippen molar-refractivity contribution in [2.75, 3.05) is 47.5 Å². The highest BCUT2D eigenvalue weighted by molar-refractivity contribution is 7.45. The van der Waals surface area contributed by atoms with Crippen LogP contribution in [-0.4, -0.2) is 70.0 Å². The van der Waals surface area contributed by atoms with Gasteiger partial charge in [0, 0.05) is 12.8 Å². The van der Waals surface area contributed by atoms with Gasteiger partial charge in [-0.15, -0.1) is 0 Å². The van der Waals surface area contributed by atoms with E-state index in [2.05, 4.69) is 208 Å². The number of allylic oxidation sites excluding steroid dienone is 32. The van der Waals surface area contributed by atoms with Crippen LogP contribution in [0.25, 0.3) is 0 Å². The molecule has 2 atom stereocenters. The Morgan fingerprint density at radius 2 is 0.562 bits per heavy atom. The summed E-state index contributed by atoms with van der Waals surface area (Å²) in [6.07, 6.45) is 115. The second kappa shape index (κ2) is 74.1. The normalized spacial score (nSPS) is 14.2. The lowest BCUT2D eigenvalue weighted by molar-refractivity contribution is -0.870. The molecule has 0 aromatic heterocycles. The van der Waals surface area contributed by atoms with Crippen molar-refractivity contribution < 1.29 is 42.1 Å². The monoisotopic (exact) mass is 1350 g/mol. The number of carbonyl (C=O) groups excluding carboxylic acids is 2. The minimum atomic E-state index is -4.66. The molecule has 2 unspecified atom stereocenters. The fourth-order valence-electron chi connectivity index (χ4n) is 9.87. The first kappa shape index (κ1) is 90.8. The molecule has 0 aliphatic rings. The Bertz CT molecular complexity index is 2330. The number of phosphoric acid groups is 1. The molecule has 0 aromatic rings. The molecule has 10 heteroatoms. The highest BCUT2D eigenvalue weighted by atomic mass is 31.2. The molecule has 0 rings (SSSR count). The fourth-order valence-corrected chi connectivity index (χ4v) is 10.6. The van der Waals surface area contributed by atoms with Crippen molar-refractivity contribution in [1.82, 2.24) is 0 Å². The fraction of sp³-hybridized carbons (Fsp3) is 0.605. The molecule has 0 N–H and O–H groups in total.